The summed E-state index contributed by atoms with van der Waals surface area (Å²) in [6.07, 6.45) is 1.59. The average molecular weight is 85.1 g/mol. The molecule has 1 nitrogen and oxygen atoms in total. The fourth-order valence-electron chi connectivity index (χ4n) is 0.0786. The lowest BCUT2D eigenvalue weighted by Gasteiger charge is -1.97. The second-order valence-corrected chi connectivity index (χ2v) is 1.13. The Morgan fingerprint density at radius 3 is 2.33 bits per heavy atom. The Morgan fingerprint density at radius 2 is 2.33 bits per heavy atom. The highest BCUT2D eigenvalue weighted by molar-refractivity contribution is 4.70. The standard InChI is InChI=1S/C5H9O/c1-4-5(2)6-3/h1,4-5H,2-3H3. The van der Waals surface area contributed by atoms with Crippen LogP contribution in [0, 0.1) is 6.58 Å². The van der Waals surface area contributed by atoms with Gasteiger partial charge in [0.1, 0.15) is 0 Å². The van der Waals surface area contributed by atoms with Crippen LogP contribution in [-0.4, -0.2) is 13.2 Å². The maximum Gasteiger partial charge on any atom is 0.0726 e. The third kappa shape index (κ3) is 1.97. The van der Waals surface area contributed by atoms with E-state index in [0.717, 1.165) is 0 Å². The van der Waals surface area contributed by atoms with E-state index >= 15 is 0 Å². The third-order valence-corrected chi connectivity index (χ3v) is 0.643. The van der Waals surface area contributed by atoms with Crippen molar-refractivity contribution in [3.05, 3.63) is 12.7 Å². The van der Waals surface area contributed by atoms with Crippen molar-refractivity contribution in [2.24, 2.45) is 0 Å². The molecule has 0 heterocycles. The topological polar surface area (TPSA) is 9.23 Å². The van der Waals surface area contributed by atoms with Crippen LogP contribution in [0.15, 0.2) is 6.08 Å². The SMILES string of the molecule is [CH]=CC(C)OC. The van der Waals surface area contributed by atoms with Crippen molar-refractivity contribution in [2.45, 2.75) is 13.0 Å². The molecular formula is C5H9O. The minimum absolute atomic E-state index is 0.0880. The number of hydrogen-bond acceptors (Lipinski definition) is 1. The highest BCUT2D eigenvalue weighted by Gasteiger charge is 1.83. The highest BCUT2D eigenvalue weighted by Crippen LogP contribution is 1.83. The minimum Gasteiger partial charge on any atom is -0.378 e. The first-order chi connectivity index (χ1) is 2.81. The van der Waals surface area contributed by atoms with Gasteiger partial charge >= 0.3 is 0 Å². The van der Waals surface area contributed by atoms with Crippen LogP contribution in [-0.2, 0) is 4.74 Å². The van der Waals surface area contributed by atoms with Crippen molar-refractivity contribution in [1.82, 2.24) is 0 Å². The molecule has 0 fully saturated rings. The summed E-state index contributed by atoms with van der Waals surface area (Å²) in [6.45, 7) is 6.91. The average Bonchev–Trinajstić information content (AvgIpc) is 1.65. The van der Waals surface area contributed by atoms with Crippen LogP contribution >= 0.6 is 0 Å². The van der Waals surface area contributed by atoms with Crippen molar-refractivity contribution in [1.29, 1.82) is 0 Å². The first-order valence-electron chi connectivity index (χ1n) is 1.89. The molecule has 0 aliphatic heterocycles. The summed E-state index contributed by atoms with van der Waals surface area (Å²) < 4.78 is 4.72. The lowest BCUT2D eigenvalue weighted by Crippen LogP contribution is -1.96. The molecule has 35 valence electrons. The monoisotopic (exact) mass is 85.1 g/mol. The summed E-state index contributed by atoms with van der Waals surface area (Å²) in [5.74, 6) is 0. The van der Waals surface area contributed by atoms with Gasteiger partial charge in [-0.2, -0.15) is 0 Å². The molecule has 6 heavy (non-hydrogen) atoms. The van der Waals surface area contributed by atoms with Gasteiger partial charge in [-0.15, -0.1) is 0 Å². The van der Waals surface area contributed by atoms with Gasteiger partial charge in [0.05, 0.1) is 6.10 Å². The van der Waals surface area contributed by atoms with Gasteiger partial charge < -0.3 is 4.74 Å². The molecular weight excluding hydrogens is 76.1 g/mol. The molecule has 0 rings (SSSR count). The summed E-state index contributed by atoms with van der Waals surface area (Å²) in [5, 5.41) is 0. The highest BCUT2D eigenvalue weighted by atomic mass is 16.5. The normalized spacial score (nSPS) is 13.7. The Bertz CT molecular complexity index is 41.2. The van der Waals surface area contributed by atoms with Gasteiger partial charge in [-0.3, -0.25) is 0 Å². The maximum absolute atomic E-state index is 5.03. The number of methoxy groups -OCH3 is 1. The summed E-state index contributed by atoms with van der Waals surface area (Å²) in [7, 11) is 1.62. The van der Waals surface area contributed by atoms with E-state index in [0.29, 0.717) is 0 Å². The number of rotatable bonds is 2. The molecule has 0 aliphatic carbocycles. The Hall–Kier alpha value is -0.300. The Labute approximate surface area is 38.6 Å². The van der Waals surface area contributed by atoms with Crippen LogP contribution in [0.3, 0.4) is 0 Å². The van der Waals surface area contributed by atoms with Crippen LogP contribution in [0.4, 0.5) is 0 Å². The number of hydrogen-bond donors (Lipinski definition) is 0. The molecule has 1 heteroatoms. The maximum atomic E-state index is 5.03. The smallest absolute Gasteiger partial charge is 0.0726 e. The summed E-state index contributed by atoms with van der Waals surface area (Å²) in [5.41, 5.74) is 0. The Kier molecular flexibility index (Phi) is 2.77. The zero-order chi connectivity index (χ0) is 4.99. The fraction of sp³-hybridized carbons (Fsp3) is 0.600. The van der Waals surface area contributed by atoms with Gasteiger partial charge in [0.25, 0.3) is 0 Å². The quantitative estimate of drug-likeness (QED) is 0.486. The van der Waals surface area contributed by atoms with Gasteiger partial charge in [0.2, 0.25) is 0 Å². The van der Waals surface area contributed by atoms with Crippen molar-refractivity contribution in [3.63, 3.8) is 0 Å². The second kappa shape index (κ2) is 2.91. The molecule has 1 radical (unpaired) electrons. The van der Waals surface area contributed by atoms with E-state index in [2.05, 4.69) is 0 Å². The fourth-order valence-corrected chi connectivity index (χ4v) is 0.0786. The summed E-state index contributed by atoms with van der Waals surface area (Å²) in [6, 6.07) is 0. The lowest BCUT2D eigenvalue weighted by atomic mass is 10.4. The van der Waals surface area contributed by atoms with Crippen LogP contribution in [0.2, 0.25) is 0 Å². The van der Waals surface area contributed by atoms with Gasteiger partial charge in [-0.1, -0.05) is 12.7 Å². The Morgan fingerprint density at radius 1 is 1.83 bits per heavy atom. The number of ether oxygens (including phenoxy) is 1. The molecule has 0 N–H and O–H groups in total. The summed E-state index contributed by atoms with van der Waals surface area (Å²) in [4.78, 5) is 0. The molecule has 1 atom stereocenters. The zero-order valence-corrected chi connectivity index (χ0v) is 4.14. The molecule has 0 aromatic heterocycles. The van der Waals surface area contributed by atoms with Crippen molar-refractivity contribution in [2.75, 3.05) is 7.11 Å². The van der Waals surface area contributed by atoms with Crippen LogP contribution in [0.5, 0.6) is 0 Å². The van der Waals surface area contributed by atoms with Crippen LogP contribution < -0.4 is 0 Å². The van der Waals surface area contributed by atoms with E-state index in [1.807, 2.05) is 6.92 Å². The molecule has 0 spiro atoms. The van der Waals surface area contributed by atoms with Crippen molar-refractivity contribution < 1.29 is 4.74 Å². The van der Waals surface area contributed by atoms with E-state index < -0.39 is 0 Å². The molecule has 0 aromatic carbocycles. The molecule has 0 aromatic rings. The van der Waals surface area contributed by atoms with E-state index in [1.165, 1.54) is 6.08 Å². The molecule has 0 amide bonds. The molecule has 0 saturated carbocycles. The van der Waals surface area contributed by atoms with E-state index in [9.17, 15) is 0 Å². The van der Waals surface area contributed by atoms with Crippen molar-refractivity contribution >= 4 is 0 Å². The van der Waals surface area contributed by atoms with Crippen LogP contribution in [0.1, 0.15) is 6.92 Å². The molecule has 0 bridgehead atoms. The summed E-state index contributed by atoms with van der Waals surface area (Å²) >= 11 is 0. The molecule has 0 aliphatic rings. The van der Waals surface area contributed by atoms with Gasteiger partial charge in [0.15, 0.2) is 0 Å². The van der Waals surface area contributed by atoms with Gasteiger partial charge in [-0.05, 0) is 6.92 Å². The zero-order valence-electron chi connectivity index (χ0n) is 4.14. The molecule has 1 unspecified atom stereocenters. The second-order valence-electron chi connectivity index (χ2n) is 1.13. The van der Waals surface area contributed by atoms with Crippen LogP contribution in [0.25, 0.3) is 0 Å². The molecule has 0 saturated heterocycles. The first-order valence-corrected chi connectivity index (χ1v) is 1.89. The third-order valence-electron chi connectivity index (χ3n) is 0.643. The van der Waals surface area contributed by atoms with E-state index in [-0.39, 0.29) is 6.10 Å². The Balaban J connectivity index is 2.96. The van der Waals surface area contributed by atoms with Gasteiger partial charge in [-0.25, -0.2) is 0 Å². The predicted molar refractivity (Wildman–Crippen MR) is 25.3 cm³/mol. The first kappa shape index (κ1) is 5.70. The lowest BCUT2D eigenvalue weighted by molar-refractivity contribution is 0.156. The van der Waals surface area contributed by atoms with E-state index in [4.69, 9.17) is 11.3 Å². The van der Waals surface area contributed by atoms with Crippen molar-refractivity contribution in [3.8, 4) is 0 Å². The van der Waals surface area contributed by atoms with E-state index in [1.54, 1.807) is 7.11 Å². The van der Waals surface area contributed by atoms with Gasteiger partial charge in [0, 0.05) is 7.11 Å². The predicted octanol–water partition coefficient (Wildman–Crippen LogP) is 1.01. The minimum atomic E-state index is 0.0880. The largest absolute Gasteiger partial charge is 0.378 e.